The number of aliphatic hydroxyl groups is 1. The molecule has 1 aromatic carbocycles. The van der Waals surface area contributed by atoms with Gasteiger partial charge in [0.1, 0.15) is 6.10 Å². The van der Waals surface area contributed by atoms with E-state index < -0.39 is 0 Å². The van der Waals surface area contributed by atoms with Crippen molar-refractivity contribution >= 4 is 5.91 Å². The number of nitrogens with one attached hydrogen (secondary N) is 2. The number of carbonyl (C=O) groups excluding carboxylic acids is 1. The lowest BCUT2D eigenvalue weighted by molar-refractivity contribution is -0.121. The van der Waals surface area contributed by atoms with E-state index >= 15 is 0 Å². The number of carbonyl (C=O) groups is 1. The molecule has 2 atom stereocenters. The molecule has 0 radical (unpaired) electrons. The Hall–Kier alpha value is -2.34. The van der Waals surface area contributed by atoms with Crippen molar-refractivity contribution in [2.24, 2.45) is 0 Å². The molecule has 1 amide bonds. The van der Waals surface area contributed by atoms with Gasteiger partial charge in [0.25, 0.3) is 0 Å². The zero-order valence-electron chi connectivity index (χ0n) is 12.9. The molecule has 6 nitrogen and oxygen atoms in total. The third-order valence-electron chi connectivity index (χ3n) is 4.20. The van der Waals surface area contributed by atoms with Crippen molar-refractivity contribution in [1.82, 2.24) is 15.5 Å². The van der Waals surface area contributed by atoms with Crippen molar-refractivity contribution < 1.29 is 14.6 Å². The summed E-state index contributed by atoms with van der Waals surface area (Å²) in [6.07, 6.45) is 6.44. The van der Waals surface area contributed by atoms with Crippen LogP contribution < -0.4 is 10.1 Å². The second-order valence-corrected chi connectivity index (χ2v) is 5.80. The van der Waals surface area contributed by atoms with Gasteiger partial charge < -0.3 is 15.2 Å². The van der Waals surface area contributed by atoms with Gasteiger partial charge in [0, 0.05) is 0 Å². The molecule has 1 saturated carbocycles. The van der Waals surface area contributed by atoms with Crippen LogP contribution in [0.15, 0.2) is 36.7 Å². The number of rotatable bonds is 6. The molecule has 1 aromatic heterocycles. The SMILES string of the molecule is O=C(Cc1ccccc1CO)N[C@H]1CCC[C@H]1Oc1cn[nH]c1. The van der Waals surface area contributed by atoms with Crippen molar-refractivity contribution in [3.8, 4) is 5.75 Å². The van der Waals surface area contributed by atoms with Gasteiger partial charge in [-0.1, -0.05) is 24.3 Å². The fourth-order valence-corrected chi connectivity index (χ4v) is 3.03. The van der Waals surface area contributed by atoms with E-state index in [9.17, 15) is 9.90 Å². The number of aliphatic hydroxyl groups excluding tert-OH is 1. The zero-order chi connectivity index (χ0) is 16.1. The Morgan fingerprint density at radius 2 is 2.17 bits per heavy atom. The first-order chi connectivity index (χ1) is 11.3. The maximum absolute atomic E-state index is 12.3. The van der Waals surface area contributed by atoms with E-state index in [0.717, 1.165) is 30.4 Å². The quantitative estimate of drug-likeness (QED) is 0.755. The number of nitrogens with zero attached hydrogens (tertiary/aromatic N) is 1. The lowest BCUT2D eigenvalue weighted by Gasteiger charge is -2.21. The van der Waals surface area contributed by atoms with Gasteiger partial charge in [0.2, 0.25) is 5.91 Å². The van der Waals surface area contributed by atoms with E-state index in [1.807, 2.05) is 24.3 Å². The van der Waals surface area contributed by atoms with E-state index in [0.29, 0.717) is 5.75 Å². The highest BCUT2D eigenvalue weighted by atomic mass is 16.5. The van der Waals surface area contributed by atoms with Crippen molar-refractivity contribution in [2.45, 2.75) is 44.4 Å². The van der Waals surface area contributed by atoms with Crippen molar-refractivity contribution in [3.05, 3.63) is 47.8 Å². The molecule has 1 fully saturated rings. The molecule has 0 aliphatic heterocycles. The number of hydrogen-bond donors (Lipinski definition) is 3. The second kappa shape index (κ2) is 7.28. The number of aromatic amines is 1. The van der Waals surface area contributed by atoms with Crippen molar-refractivity contribution in [1.29, 1.82) is 0 Å². The van der Waals surface area contributed by atoms with Crippen LogP contribution >= 0.6 is 0 Å². The fraction of sp³-hybridized carbons (Fsp3) is 0.412. The van der Waals surface area contributed by atoms with Gasteiger partial charge in [-0.25, -0.2) is 0 Å². The summed E-state index contributed by atoms with van der Waals surface area (Å²) in [5.41, 5.74) is 1.65. The molecule has 0 saturated heterocycles. The topological polar surface area (TPSA) is 87.2 Å². The molecule has 6 heteroatoms. The van der Waals surface area contributed by atoms with Crippen LogP contribution in [0.4, 0.5) is 0 Å². The Bertz CT molecular complexity index is 642. The van der Waals surface area contributed by atoms with Gasteiger partial charge in [0.15, 0.2) is 5.75 Å². The normalized spacial score (nSPS) is 20.4. The smallest absolute Gasteiger partial charge is 0.224 e. The highest BCUT2D eigenvalue weighted by molar-refractivity contribution is 5.79. The first-order valence-electron chi connectivity index (χ1n) is 7.88. The Labute approximate surface area is 134 Å². The molecule has 0 spiro atoms. The van der Waals surface area contributed by atoms with Crippen LogP contribution in [0.5, 0.6) is 5.75 Å². The van der Waals surface area contributed by atoms with Crippen LogP contribution in [0.1, 0.15) is 30.4 Å². The molecule has 2 aromatic rings. The van der Waals surface area contributed by atoms with Crippen LogP contribution in [-0.2, 0) is 17.8 Å². The van der Waals surface area contributed by atoms with Crippen LogP contribution in [0.3, 0.4) is 0 Å². The van der Waals surface area contributed by atoms with Crippen LogP contribution in [0.2, 0.25) is 0 Å². The summed E-state index contributed by atoms with van der Waals surface area (Å²) in [6.45, 7) is -0.0564. The van der Waals surface area contributed by atoms with E-state index in [4.69, 9.17) is 4.74 Å². The van der Waals surface area contributed by atoms with Gasteiger partial charge in [-0.15, -0.1) is 0 Å². The predicted octanol–water partition coefficient (Wildman–Crippen LogP) is 1.56. The second-order valence-electron chi connectivity index (χ2n) is 5.80. The van der Waals surface area contributed by atoms with E-state index in [1.54, 1.807) is 12.4 Å². The molecular weight excluding hydrogens is 294 g/mol. The summed E-state index contributed by atoms with van der Waals surface area (Å²) >= 11 is 0. The third kappa shape index (κ3) is 3.90. The van der Waals surface area contributed by atoms with Gasteiger partial charge in [-0.05, 0) is 30.4 Å². The van der Waals surface area contributed by atoms with Crippen LogP contribution in [0.25, 0.3) is 0 Å². The first kappa shape index (κ1) is 15.6. The van der Waals surface area contributed by atoms with Crippen molar-refractivity contribution in [2.75, 3.05) is 0 Å². The molecule has 3 N–H and O–H groups in total. The molecule has 122 valence electrons. The molecule has 0 bridgehead atoms. The summed E-state index contributed by atoms with van der Waals surface area (Å²) in [5, 5.41) is 19.0. The number of benzene rings is 1. The summed E-state index contributed by atoms with van der Waals surface area (Å²) in [6, 6.07) is 7.46. The Morgan fingerprint density at radius 3 is 2.91 bits per heavy atom. The number of H-pyrrole nitrogens is 1. The maximum atomic E-state index is 12.3. The fourth-order valence-electron chi connectivity index (χ4n) is 3.03. The van der Waals surface area contributed by atoms with Gasteiger partial charge in [0.05, 0.1) is 31.5 Å². The number of amides is 1. The van der Waals surface area contributed by atoms with Crippen molar-refractivity contribution in [3.63, 3.8) is 0 Å². The molecule has 1 heterocycles. The van der Waals surface area contributed by atoms with Gasteiger partial charge in [-0.3, -0.25) is 9.89 Å². The standard InChI is InChI=1S/C17H21N3O3/c21-11-13-5-2-1-4-12(13)8-17(22)20-15-6-3-7-16(15)23-14-9-18-19-10-14/h1-2,4-5,9-10,15-16,21H,3,6-8,11H2,(H,18,19)(H,20,22)/t15-,16+/m0/s1. The lowest BCUT2D eigenvalue weighted by atomic mass is 10.0. The highest BCUT2D eigenvalue weighted by Gasteiger charge is 2.30. The summed E-state index contributed by atoms with van der Waals surface area (Å²) in [4.78, 5) is 12.3. The maximum Gasteiger partial charge on any atom is 0.224 e. The van der Waals surface area contributed by atoms with Gasteiger partial charge >= 0.3 is 0 Å². The Morgan fingerprint density at radius 1 is 1.35 bits per heavy atom. The van der Waals surface area contributed by atoms with Crippen LogP contribution in [0, 0.1) is 0 Å². The Balaban J connectivity index is 1.58. The molecule has 3 rings (SSSR count). The van der Waals surface area contributed by atoms with E-state index in [1.165, 1.54) is 0 Å². The molecule has 1 aliphatic carbocycles. The largest absolute Gasteiger partial charge is 0.485 e. The molecule has 23 heavy (non-hydrogen) atoms. The summed E-state index contributed by atoms with van der Waals surface area (Å²) in [5.74, 6) is 0.653. The minimum Gasteiger partial charge on any atom is -0.485 e. The summed E-state index contributed by atoms with van der Waals surface area (Å²) in [7, 11) is 0. The Kier molecular flexibility index (Phi) is 4.92. The zero-order valence-corrected chi connectivity index (χ0v) is 12.9. The monoisotopic (exact) mass is 315 g/mol. The molecular formula is C17H21N3O3. The molecule has 0 unspecified atom stereocenters. The number of hydrogen-bond acceptors (Lipinski definition) is 4. The van der Waals surface area contributed by atoms with E-state index in [-0.39, 0.29) is 31.1 Å². The average molecular weight is 315 g/mol. The van der Waals surface area contributed by atoms with Crippen LogP contribution in [-0.4, -0.2) is 33.4 Å². The number of aromatic nitrogens is 2. The number of ether oxygens (including phenoxy) is 1. The van der Waals surface area contributed by atoms with E-state index in [2.05, 4.69) is 15.5 Å². The highest BCUT2D eigenvalue weighted by Crippen LogP contribution is 2.24. The average Bonchev–Trinajstić information content (AvgIpc) is 3.21. The first-order valence-corrected chi connectivity index (χ1v) is 7.88. The minimum absolute atomic E-state index is 0.0127. The minimum atomic E-state index is -0.0564. The predicted molar refractivity (Wildman–Crippen MR) is 84.9 cm³/mol. The van der Waals surface area contributed by atoms with Gasteiger partial charge in [-0.2, -0.15) is 5.10 Å². The summed E-state index contributed by atoms with van der Waals surface area (Å²) < 4.78 is 5.88. The third-order valence-corrected chi connectivity index (χ3v) is 4.20. The lowest BCUT2D eigenvalue weighted by Crippen LogP contribution is -2.43. The molecule has 1 aliphatic rings.